The summed E-state index contributed by atoms with van der Waals surface area (Å²) in [6.45, 7) is 4.25. The highest BCUT2D eigenvalue weighted by molar-refractivity contribution is 5.77. The van der Waals surface area contributed by atoms with Gasteiger partial charge in [-0.25, -0.2) is 4.68 Å². The Morgan fingerprint density at radius 2 is 2.11 bits per heavy atom. The third-order valence-electron chi connectivity index (χ3n) is 3.04. The number of aromatic nitrogens is 3. The highest BCUT2D eigenvalue weighted by Gasteiger charge is 2.15. The normalized spacial score (nSPS) is 12.6. The Bertz CT molecular complexity index is 388. The molecule has 102 valence electrons. The van der Waals surface area contributed by atoms with E-state index in [1.54, 1.807) is 4.68 Å². The van der Waals surface area contributed by atoms with Crippen LogP contribution in [0.3, 0.4) is 0 Å². The van der Waals surface area contributed by atoms with Gasteiger partial charge in [-0.3, -0.25) is 4.79 Å². The number of nitrogens with two attached hydrogens (primary N) is 2. The minimum absolute atomic E-state index is 0.0500. The molecule has 0 aliphatic rings. The summed E-state index contributed by atoms with van der Waals surface area (Å²) in [5.74, 6) is 0.0149. The molecule has 6 heteroatoms. The van der Waals surface area contributed by atoms with E-state index in [0.29, 0.717) is 11.5 Å². The molecule has 0 aliphatic heterocycles. The van der Waals surface area contributed by atoms with E-state index in [1.807, 2.05) is 0 Å². The summed E-state index contributed by atoms with van der Waals surface area (Å²) >= 11 is 0. The van der Waals surface area contributed by atoms with Gasteiger partial charge >= 0.3 is 0 Å². The van der Waals surface area contributed by atoms with Crippen LogP contribution in [0.15, 0.2) is 0 Å². The van der Waals surface area contributed by atoms with Crippen molar-refractivity contribution >= 4 is 11.7 Å². The van der Waals surface area contributed by atoms with E-state index in [0.717, 1.165) is 12.8 Å². The molecule has 0 radical (unpaired) electrons. The number of carbonyl (C=O) groups excluding carboxylic acids is 1. The van der Waals surface area contributed by atoms with Crippen molar-refractivity contribution in [1.29, 1.82) is 0 Å². The number of anilines is 1. The molecule has 0 saturated heterocycles. The highest BCUT2D eigenvalue weighted by Crippen LogP contribution is 2.19. The summed E-state index contributed by atoms with van der Waals surface area (Å²) in [4.78, 5) is 10.8. The minimum Gasteiger partial charge on any atom is -0.382 e. The number of amides is 1. The van der Waals surface area contributed by atoms with Crippen molar-refractivity contribution in [3.8, 4) is 0 Å². The second-order valence-corrected chi connectivity index (χ2v) is 4.71. The molecule has 1 rings (SSSR count). The average molecular weight is 253 g/mol. The number of hydrogen-bond donors (Lipinski definition) is 2. The van der Waals surface area contributed by atoms with E-state index in [4.69, 9.17) is 11.5 Å². The van der Waals surface area contributed by atoms with Gasteiger partial charge in [-0.2, -0.15) is 0 Å². The first-order chi connectivity index (χ1) is 8.56. The molecule has 4 N–H and O–H groups in total. The third kappa shape index (κ3) is 4.01. The fraction of sp³-hybridized carbons (Fsp3) is 0.750. The SMILES string of the molecule is CCCCCCC(C)n1nnc(CC(N)=O)c1N. The number of nitrogen functional groups attached to an aromatic ring is 1. The Morgan fingerprint density at radius 3 is 2.72 bits per heavy atom. The zero-order chi connectivity index (χ0) is 13.5. The van der Waals surface area contributed by atoms with Gasteiger partial charge in [-0.1, -0.05) is 37.8 Å². The van der Waals surface area contributed by atoms with Crippen LogP contribution in [-0.4, -0.2) is 20.9 Å². The van der Waals surface area contributed by atoms with Crippen molar-refractivity contribution in [3.05, 3.63) is 5.69 Å². The molecule has 1 amide bonds. The lowest BCUT2D eigenvalue weighted by atomic mass is 10.1. The van der Waals surface area contributed by atoms with Gasteiger partial charge in [-0.15, -0.1) is 5.10 Å². The lowest BCUT2D eigenvalue weighted by Crippen LogP contribution is -2.16. The maximum absolute atomic E-state index is 10.8. The summed E-state index contributed by atoms with van der Waals surface area (Å²) in [6.07, 6.45) is 5.93. The molecule has 6 nitrogen and oxygen atoms in total. The first kappa shape index (κ1) is 14.5. The number of nitrogens with zero attached hydrogens (tertiary/aromatic N) is 3. The van der Waals surface area contributed by atoms with Crippen LogP contribution in [0.5, 0.6) is 0 Å². The zero-order valence-electron chi connectivity index (χ0n) is 11.2. The third-order valence-corrected chi connectivity index (χ3v) is 3.04. The lowest BCUT2D eigenvalue weighted by molar-refractivity contribution is -0.117. The number of unbranched alkanes of at least 4 members (excludes halogenated alkanes) is 3. The van der Waals surface area contributed by atoms with Crippen molar-refractivity contribution in [1.82, 2.24) is 15.0 Å². The molecule has 1 aromatic rings. The predicted molar refractivity (Wildman–Crippen MR) is 70.8 cm³/mol. The second-order valence-electron chi connectivity index (χ2n) is 4.71. The van der Waals surface area contributed by atoms with Gasteiger partial charge in [0.1, 0.15) is 11.5 Å². The van der Waals surface area contributed by atoms with Gasteiger partial charge in [-0.05, 0) is 13.3 Å². The van der Waals surface area contributed by atoms with Crippen LogP contribution in [0.1, 0.15) is 57.7 Å². The van der Waals surface area contributed by atoms with E-state index in [-0.39, 0.29) is 12.5 Å². The smallest absolute Gasteiger partial charge is 0.223 e. The summed E-state index contributed by atoms with van der Waals surface area (Å²) < 4.78 is 1.68. The summed E-state index contributed by atoms with van der Waals surface area (Å²) in [6, 6.07) is 0.205. The monoisotopic (exact) mass is 253 g/mol. The number of primary amides is 1. The van der Waals surface area contributed by atoms with E-state index in [2.05, 4.69) is 24.2 Å². The maximum Gasteiger partial charge on any atom is 0.223 e. The Labute approximate surface area is 108 Å². The average Bonchev–Trinajstić information content (AvgIpc) is 2.66. The van der Waals surface area contributed by atoms with Crippen molar-refractivity contribution in [2.45, 2.75) is 58.4 Å². The van der Waals surface area contributed by atoms with E-state index < -0.39 is 5.91 Å². The molecule has 1 unspecified atom stereocenters. The predicted octanol–water partition coefficient (Wildman–Crippen LogP) is 1.42. The van der Waals surface area contributed by atoms with Crippen molar-refractivity contribution in [2.75, 3.05) is 5.73 Å². The highest BCUT2D eigenvalue weighted by atomic mass is 16.1. The Kier molecular flexibility index (Phi) is 5.61. The maximum atomic E-state index is 10.8. The van der Waals surface area contributed by atoms with Crippen molar-refractivity contribution < 1.29 is 4.79 Å². The molecule has 0 bridgehead atoms. The minimum atomic E-state index is -0.440. The number of rotatable bonds is 8. The van der Waals surface area contributed by atoms with Gasteiger partial charge in [0.25, 0.3) is 0 Å². The van der Waals surface area contributed by atoms with Crippen LogP contribution in [-0.2, 0) is 11.2 Å². The van der Waals surface area contributed by atoms with E-state index >= 15 is 0 Å². The topological polar surface area (TPSA) is 99.8 Å². The van der Waals surface area contributed by atoms with Crippen molar-refractivity contribution in [3.63, 3.8) is 0 Å². The molecule has 1 atom stereocenters. The molecule has 1 aromatic heterocycles. The van der Waals surface area contributed by atoms with E-state index in [9.17, 15) is 4.79 Å². The molecule has 18 heavy (non-hydrogen) atoms. The number of hydrogen-bond acceptors (Lipinski definition) is 4. The Hall–Kier alpha value is -1.59. The molecule has 0 spiro atoms. The van der Waals surface area contributed by atoms with Crippen molar-refractivity contribution in [2.24, 2.45) is 5.73 Å². The van der Waals surface area contributed by atoms with Gasteiger partial charge in [0.2, 0.25) is 5.91 Å². The van der Waals surface area contributed by atoms with Gasteiger partial charge in [0, 0.05) is 0 Å². The van der Waals surface area contributed by atoms with E-state index in [1.165, 1.54) is 19.3 Å². The molecule has 0 aromatic carbocycles. The molecular weight excluding hydrogens is 230 g/mol. The fourth-order valence-electron chi connectivity index (χ4n) is 1.94. The van der Waals surface area contributed by atoms with Crippen LogP contribution in [0.2, 0.25) is 0 Å². The first-order valence-corrected chi connectivity index (χ1v) is 6.54. The second kappa shape index (κ2) is 6.98. The molecule has 0 fully saturated rings. The number of carbonyl (C=O) groups is 1. The van der Waals surface area contributed by atoms with Crippen LogP contribution in [0.25, 0.3) is 0 Å². The van der Waals surface area contributed by atoms with Gasteiger partial charge < -0.3 is 11.5 Å². The molecule has 0 aliphatic carbocycles. The summed E-state index contributed by atoms with van der Waals surface area (Å²) in [5.41, 5.74) is 11.5. The van der Waals surface area contributed by atoms with Gasteiger partial charge in [0.15, 0.2) is 0 Å². The van der Waals surface area contributed by atoms with Crippen LogP contribution >= 0.6 is 0 Å². The first-order valence-electron chi connectivity index (χ1n) is 6.54. The van der Waals surface area contributed by atoms with Crippen LogP contribution in [0.4, 0.5) is 5.82 Å². The largest absolute Gasteiger partial charge is 0.382 e. The quantitative estimate of drug-likeness (QED) is 0.684. The van der Waals surface area contributed by atoms with Gasteiger partial charge in [0.05, 0.1) is 12.5 Å². The molecular formula is C12H23N5O. The standard InChI is InChI=1S/C12H23N5O/c1-3-4-5-6-7-9(2)17-12(14)10(15-16-17)8-11(13)18/h9H,3-8,14H2,1-2H3,(H2,13,18). The molecule has 1 heterocycles. The van der Waals surface area contributed by atoms with Crippen LogP contribution < -0.4 is 11.5 Å². The summed E-state index contributed by atoms with van der Waals surface area (Å²) in [7, 11) is 0. The summed E-state index contributed by atoms with van der Waals surface area (Å²) in [5, 5.41) is 7.91. The fourth-order valence-corrected chi connectivity index (χ4v) is 1.94. The lowest BCUT2D eigenvalue weighted by Gasteiger charge is -2.12. The van der Waals surface area contributed by atoms with Crippen LogP contribution in [0, 0.1) is 0 Å². The Balaban J connectivity index is 2.55. The Morgan fingerprint density at radius 1 is 1.39 bits per heavy atom. The molecule has 0 saturated carbocycles. The zero-order valence-corrected chi connectivity index (χ0v) is 11.2.